The van der Waals surface area contributed by atoms with Crippen molar-refractivity contribution in [3.63, 3.8) is 0 Å². The Morgan fingerprint density at radius 2 is 1.85 bits per heavy atom. The smallest absolute Gasteiger partial charge is 0.0992 e. The number of benzene rings is 2. The molecule has 3 heteroatoms. The summed E-state index contributed by atoms with van der Waals surface area (Å²) in [6.07, 6.45) is 3.57. The Labute approximate surface area is 128 Å². The lowest BCUT2D eigenvalue weighted by Crippen LogP contribution is -1.92. The second kappa shape index (κ2) is 7.12. The maximum Gasteiger partial charge on any atom is 0.0992 e. The summed E-state index contributed by atoms with van der Waals surface area (Å²) in [4.78, 5) is 0. The van der Waals surface area contributed by atoms with Crippen LogP contribution in [0.3, 0.4) is 0 Å². The van der Waals surface area contributed by atoms with E-state index in [0.717, 1.165) is 22.3 Å². The highest BCUT2D eigenvalue weighted by Crippen LogP contribution is 2.23. The predicted octanol–water partition coefficient (Wildman–Crippen LogP) is 5.41. The molecule has 2 aromatic rings. The van der Waals surface area contributed by atoms with Crippen LogP contribution in [-0.4, -0.2) is 0 Å². The first-order valence-corrected chi connectivity index (χ1v) is 7.57. The molecular formula is C17H17BrN2. The molecule has 0 spiro atoms. The molecule has 0 radical (unpaired) electrons. The third kappa shape index (κ3) is 4.11. The van der Waals surface area contributed by atoms with Crippen molar-refractivity contribution in [3.05, 3.63) is 58.1 Å². The topological polar surface area (TPSA) is 35.8 Å². The Morgan fingerprint density at radius 3 is 2.50 bits per heavy atom. The quantitative estimate of drug-likeness (QED) is 0.796. The van der Waals surface area contributed by atoms with E-state index < -0.39 is 0 Å². The highest BCUT2D eigenvalue weighted by molar-refractivity contribution is 9.10. The van der Waals surface area contributed by atoms with Crippen LogP contribution in [-0.2, 0) is 6.42 Å². The van der Waals surface area contributed by atoms with E-state index in [2.05, 4.69) is 58.5 Å². The number of nitrogens with one attached hydrogen (secondary N) is 1. The van der Waals surface area contributed by atoms with Crippen molar-refractivity contribution >= 4 is 27.3 Å². The van der Waals surface area contributed by atoms with Crippen LogP contribution in [0.15, 0.2) is 46.9 Å². The summed E-state index contributed by atoms with van der Waals surface area (Å²) in [6.45, 7) is 2.20. The van der Waals surface area contributed by atoms with Crippen molar-refractivity contribution in [1.82, 2.24) is 0 Å². The number of rotatable bonds is 5. The summed E-state index contributed by atoms with van der Waals surface area (Å²) in [6, 6.07) is 16.2. The number of halogens is 1. The largest absolute Gasteiger partial charge is 0.355 e. The monoisotopic (exact) mass is 328 g/mol. The molecule has 2 aromatic carbocycles. The summed E-state index contributed by atoms with van der Waals surface area (Å²) in [7, 11) is 0. The maximum atomic E-state index is 8.97. The van der Waals surface area contributed by atoms with Gasteiger partial charge in [0.15, 0.2) is 0 Å². The maximum absolute atomic E-state index is 8.97. The highest BCUT2D eigenvalue weighted by atomic mass is 79.9. The van der Waals surface area contributed by atoms with Crippen molar-refractivity contribution in [1.29, 1.82) is 5.26 Å². The Balaban J connectivity index is 2.10. The fourth-order valence-corrected chi connectivity index (χ4v) is 2.52. The van der Waals surface area contributed by atoms with Crippen LogP contribution >= 0.6 is 15.9 Å². The highest BCUT2D eigenvalue weighted by Gasteiger charge is 2.00. The van der Waals surface area contributed by atoms with E-state index in [-0.39, 0.29) is 0 Å². The molecule has 0 saturated heterocycles. The molecule has 102 valence electrons. The van der Waals surface area contributed by atoms with Crippen LogP contribution in [0.5, 0.6) is 0 Å². The van der Waals surface area contributed by atoms with Gasteiger partial charge in [-0.2, -0.15) is 5.26 Å². The van der Waals surface area contributed by atoms with Gasteiger partial charge in [-0.05, 0) is 48.7 Å². The van der Waals surface area contributed by atoms with Crippen molar-refractivity contribution in [3.8, 4) is 6.07 Å². The number of aryl methyl sites for hydroxylation is 1. The summed E-state index contributed by atoms with van der Waals surface area (Å²) >= 11 is 3.42. The van der Waals surface area contributed by atoms with Gasteiger partial charge in [-0.25, -0.2) is 0 Å². The van der Waals surface area contributed by atoms with Gasteiger partial charge in [0.1, 0.15) is 0 Å². The second-order valence-electron chi connectivity index (χ2n) is 4.77. The van der Waals surface area contributed by atoms with Gasteiger partial charge in [-0.3, -0.25) is 0 Å². The molecule has 2 rings (SSSR count). The molecule has 1 N–H and O–H groups in total. The molecule has 0 bridgehead atoms. The molecule has 0 aliphatic heterocycles. The second-order valence-corrected chi connectivity index (χ2v) is 5.68. The summed E-state index contributed by atoms with van der Waals surface area (Å²) in [5.41, 5.74) is 3.95. The van der Waals surface area contributed by atoms with Gasteiger partial charge in [-0.15, -0.1) is 0 Å². The third-order valence-corrected chi connectivity index (χ3v) is 3.55. The number of unbranched alkanes of at least 4 members (excludes halogenated alkanes) is 1. The molecule has 0 amide bonds. The predicted molar refractivity (Wildman–Crippen MR) is 87.2 cm³/mol. The van der Waals surface area contributed by atoms with Crippen molar-refractivity contribution in [2.75, 3.05) is 5.32 Å². The molecule has 0 aromatic heterocycles. The van der Waals surface area contributed by atoms with Gasteiger partial charge in [0.2, 0.25) is 0 Å². The van der Waals surface area contributed by atoms with E-state index in [9.17, 15) is 0 Å². The average Bonchev–Trinajstić information content (AvgIpc) is 2.46. The van der Waals surface area contributed by atoms with E-state index in [1.54, 1.807) is 6.07 Å². The third-order valence-electron chi connectivity index (χ3n) is 3.09. The van der Waals surface area contributed by atoms with Crippen LogP contribution in [0.25, 0.3) is 0 Å². The van der Waals surface area contributed by atoms with Crippen molar-refractivity contribution < 1.29 is 0 Å². The molecule has 20 heavy (non-hydrogen) atoms. The molecule has 0 aliphatic rings. The lowest BCUT2D eigenvalue weighted by molar-refractivity contribution is 0.795. The molecule has 0 atom stereocenters. The zero-order chi connectivity index (χ0) is 14.4. The van der Waals surface area contributed by atoms with E-state index in [1.165, 1.54) is 18.4 Å². The first kappa shape index (κ1) is 14.6. The van der Waals surface area contributed by atoms with Crippen LogP contribution in [0.1, 0.15) is 30.9 Å². The zero-order valence-corrected chi connectivity index (χ0v) is 13.1. The van der Waals surface area contributed by atoms with E-state index in [0.29, 0.717) is 5.56 Å². The summed E-state index contributed by atoms with van der Waals surface area (Å²) in [5.74, 6) is 0. The number of nitriles is 1. The fraction of sp³-hybridized carbons (Fsp3) is 0.235. The molecule has 0 heterocycles. The normalized spacial score (nSPS) is 10.1. The Morgan fingerprint density at radius 1 is 1.10 bits per heavy atom. The minimum atomic E-state index is 0.640. The molecule has 0 aliphatic carbocycles. The van der Waals surface area contributed by atoms with Crippen molar-refractivity contribution in [2.24, 2.45) is 0 Å². The molecule has 0 saturated carbocycles. The Bertz CT molecular complexity index is 612. The fourth-order valence-electron chi connectivity index (χ4n) is 2.03. The van der Waals surface area contributed by atoms with Gasteiger partial charge in [0.05, 0.1) is 11.6 Å². The van der Waals surface area contributed by atoms with Gasteiger partial charge in [0.25, 0.3) is 0 Å². The molecule has 0 unspecified atom stereocenters. The number of anilines is 2. The number of hydrogen-bond donors (Lipinski definition) is 1. The first-order valence-electron chi connectivity index (χ1n) is 6.78. The zero-order valence-electron chi connectivity index (χ0n) is 11.5. The SMILES string of the molecule is CCCCc1ccc(Nc2cc(Br)cc(C#N)c2)cc1. The average molecular weight is 329 g/mol. The number of nitrogens with zero attached hydrogens (tertiary/aromatic N) is 1. The minimum Gasteiger partial charge on any atom is -0.355 e. The van der Waals surface area contributed by atoms with Gasteiger partial charge < -0.3 is 5.32 Å². The van der Waals surface area contributed by atoms with Crippen LogP contribution in [0.4, 0.5) is 11.4 Å². The minimum absolute atomic E-state index is 0.640. The summed E-state index contributed by atoms with van der Waals surface area (Å²) < 4.78 is 0.901. The Hall–Kier alpha value is -1.79. The van der Waals surface area contributed by atoms with Crippen molar-refractivity contribution in [2.45, 2.75) is 26.2 Å². The number of hydrogen-bond acceptors (Lipinski definition) is 2. The lowest BCUT2D eigenvalue weighted by atomic mass is 10.1. The van der Waals surface area contributed by atoms with E-state index in [1.807, 2.05) is 12.1 Å². The van der Waals surface area contributed by atoms with E-state index >= 15 is 0 Å². The molecule has 0 fully saturated rings. The van der Waals surface area contributed by atoms with Gasteiger partial charge in [-0.1, -0.05) is 41.4 Å². The van der Waals surface area contributed by atoms with Gasteiger partial charge >= 0.3 is 0 Å². The summed E-state index contributed by atoms with van der Waals surface area (Å²) in [5, 5.41) is 12.3. The van der Waals surface area contributed by atoms with Crippen LogP contribution in [0.2, 0.25) is 0 Å². The lowest BCUT2D eigenvalue weighted by Gasteiger charge is -2.08. The standard InChI is InChI=1S/C17H17BrN2/c1-2-3-4-13-5-7-16(8-6-13)20-17-10-14(12-19)9-15(18)11-17/h5-11,20H,2-4H2,1H3. The first-order chi connectivity index (χ1) is 9.71. The van der Waals surface area contributed by atoms with Gasteiger partial charge in [0, 0.05) is 15.8 Å². The van der Waals surface area contributed by atoms with E-state index in [4.69, 9.17) is 5.26 Å². The molecule has 2 nitrogen and oxygen atoms in total. The molecular weight excluding hydrogens is 312 g/mol. The van der Waals surface area contributed by atoms with Crippen LogP contribution < -0.4 is 5.32 Å². The Kier molecular flexibility index (Phi) is 5.20. The van der Waals surface area contributed by atoms with Crippen LogP contribution in [0, 0.1) is 11.3 Å².